The van der Waals surface area contributed by atoms with E-state index in [2.05, 4.69) is 22.2 Å². The molecule has 8 nitrogen and oxygen atoms in total. The maximum Gasteiger partial charge on any atom is 0.416 e. The number of halogens is 3. The molecular weight excluding hydrogens is 369 g/mol. The van der Waals surface area contributed by atoms with Gasteiger partial charge in [-0.2, -0.15) is 13.2 Å². The fraction of sp³-hybridized carbons (Fsp3) is 0.250. The SMILES string of the molecule is C=CCOc1ccc(C(F)(F)F)cc1C(=O)NCc1cn(CC(=O)O)nn1. The fourth-order valence-electron chi connectivity index (χ4n) is 2.06. The Bertz CT molecular complexity index is 848. The zero-order valence-electron chi connectivity index (χ0n) is 13.9. The number of nitrogens with one attached hydrogen (secondary N) is 1. The molecule has 0 unspecified atom stereocenters. The summed E-state index contributed by atoms with van der Waals surface area (Å²) in [5.41, 5.74) is -1.05. The minimum Gasteiger partial charge on any atom is -0.489 e. The van der Waals surface area contributed by atoms with Crippen LogP contribution in [0.4, 0.5) is 13.2 Å². The third-order valence-electron chi connectivity index (χ3n) is 3.22. The van der Waals surface area contributed by atoms with Crippen LogP contribution in [0.15, 0.2) is 37.1 Å². The average Bonchev–Trinajstić information content (AvgIpc) is 3.03. The topological polar surface area (TPSA) is 106 Å². The lowest BCUT2D eigenvalue weighted by Gasteiger charge is -2.13. The smallest absolute Gasteiger partial charge is 0.416 e. The first-order valence-corrected chi connectivity index (χ1v) is 7.54. The lowest BCUT2D eigenvalue weighted by Crippen LogP contribution is -2.24. The second kappa shape index (κ2) is 8.34. The van der Waals surface area contributed by atoms with Crippen molar-refractivity contribution in [2.24, 2.45) is 0 Å². The lowest BCUT2D eigenvalue weighted by molar-refractivity contribution is -0.138. The molecule has 0 atom stereocenters. The van der Waals surface area contributed by atoms with Crippen LogP contribution in [-0.4, -0.2) is 38.6 Å². The number of amides is 1. The highest BCUT2D eigenvalue weighted by molar-refractivity contribution is 5.97. The number of carbonyl (C=O) groups is 2. The number of rotatable bonds is 8. The molecule has 0 saturated carbocycles. The monoisotopic (exact) mass is 384 g/mol. The number of benzene rings is 1. The Morgan fingerprint density at radius 2 is 2.11 bits per heavy atom. The predicted octanol–water partition coefficient (Wildman–Crippen LogP) is 1.88. The standard InChI is InChI=1S/C16H15F3N4O4/c1-2-5-27-13-4-3-10(16(17,18)19)6-12(13)15(26)20-7-11-8-23(22-21-11)9-14(24)25/h2-4,6,8H,1,5,7,9H2,(H,20,26)(H,24,25). The number of nitrogens with zero attached hydrogens (tertiary/aromatic N) is 3. The molecule has 2 aromatic rings. The van der Waals surface area contributed by atoms with Crippen molar-refractivity contribution in [1.29, 1.82) is 0 Å². The minimum atomic E-state index is -4.62. The quantitative estimate of drug-likeness (QED) is 0.673. The molecule has 1 aromatic carbocycles. The van der Waals surface area contributed by atoms with E-state index in [-0.39, 0.29) is 30.2 Å². The molecule has 0 radical (unpaired) electrons. The van der Waals surface area contributed by atoms with E-state index in [1.807, 2.05) is 0 Å². The number of carbonyl (C=O) groups excluding carboxylic acids is 1. The highest BCUT2D eigenvalue weighted by Gasteiger charge is 2.32. The maximum absolute atomic E-state index is 12.9. The summed E-state index contributed by atoms with van der Waals surface area (Å²) < 4.78 is 45.0. The van der Waals surface area contributed by atoms with E-state index >= 15 is 0 Å². The van der Waals surface area contributed by atoms with Crippen LogP contribution in [0, 0.1) is 0 Å². The van der Waals surface area contributed by atoms with Gasteiger partial charge in [0.1, 0.15) is 24.6 Å². The van der Waals surface area contributed by atoms with Crippen molar-refractivity contribution in [3.05, 3.63) is 53.9 Å². The molecule has 144 valence electrons. The van der Waals surface area contributed by atoms with Crippen LogP contribution < -0.4 is 10.1 Å². The largest absolute Gasteiger partial charge is 0.489 e. The Hall–Kier alpha value is -3.37. The Morgan fingerprint density at radius 1 is 1.37 bits per heavy atom. The van der Waals surface area contributed by atoms with Crippen molar-refractivity contribution < 1.29 is 32.6 Å². The molecule has 0 aliphatic carbocycles. The van der Waals surface area contributed by atoms with Crippen LogP contribution in [0.25, 0.3) is 0 Å². The normalized spacial score (nSPS) is 11.1. The number of carboxylic acids is 1. The molecule has 0 aliphatic heterocycles. The Balaban J connectivity index is 2.16. The molecule has 0 aliphatic rings. The summed E-state index contributed by atoms with van der Waals surface area (Å²) in [5, 5.41) is 18.3. The summed E-state index contributed by atoms with van der Waals surface area (Å²) in [7, 11) is 0. The van der Waals surface area contributed by atoms with E-state index in [9.17, 15) is 22.8 Å². The third kappa shape index (κ3) is 5.56. The molecule has 0 saturated heterocycles. The lowest BCUT2D eigenvalue weighted by atomic mass is 10.1. The number of aliphatic carboxylic acids is 1. The first-order chi connectivity index (χ1) is 12.7. The third-order valence-corrected chi connectivity index (χ3v) is 3.22. The first-order valence-electron chi connectivity index (χ1n) is 7.54. The van der Waals surface area contributed by atoms with E-state index in [0.717, 1.165) is 16.8 Å². The molecule has 0 bridgehead atoms. The van der Waals surface area contributed by atoms with Crippen molar-refractivity contribution >= 4 is 11.9 Å². The van der Waals surface area contributed by atoms with Gasteiger partial charge in [-0.15, -0.1) is 5.10 Å². The highest BCUT2D eigenvalue weighted by atomic mass is 19.4. The zero-order valence-corrected chi connectivity index (χ0v) is 13.9. The van der Waals surface area contributed by atoms with Crippen molar-refractivity contribution in [3.8, 4) is 5.75 Å². The minimum absolute atomic E-state index is 0.00909. The van der Waals surface area contributed by atoms with E-state index in [1.54, 1.807) is 0 Å². The second-order valence-corrected chi connectivity index (χ2v) is 5.29. The van der Waals surface area contributed by atoms with Gasteiger partial charge in [-0.05, 0) is 18.2 Å². The molecule has 0 fully saturated rings. The average molecular weight is 384 g/mol. The Kier molecular flexibility index (Phi) is 6.16. The van der Waals surface area contributed by atoms with E-state index in [0.29, 0.717) is 6.07 Å². The van der Waals surface area contributed by atoms with E-state index < -0.39 is 30.2 Å². The van der Waals surface area contributed by atoms with Gasteiger partial charge in [-0.1, -0.05) is 17.9 Å². The van der Waals surface area contributed by atoms with Crippen LogP contribution >= 0.6 is 0 Å². The molecule has 1 aromatic heterocycles. The van der Waals surface area contributed by atoms with E-state index in [4.69, 9.17) is 9.84 Å². The van der Waals surface area contributed by atoms with Crippen LogP contribution in [-0.2, 0) is 24.1 Å². The van der Waals surface area contributed by atoms with Crippen molar-refractivity contribution in [1.82, 2.24) is 20.3 Å². The molecule has 0 spiro atoms. The fourth-order valence-corrected chi connectivity index (χ4v) is 2.06. The number of aromatic nitrogens is 3. The Morgan fingerprint density at radius 3 is 2.74 bits per heavy atom. The summed E-state index contributed by atoms with van der Waals surface area (Å²) in [6, 6.07) is 2.56. The van der Waals surface area contributed by atoms with Gasteiger partial charge in [-0.3, -0.25) is 9.59 Å². The number of alkyl halides is 3. The predicted molar refractivity (Wildman–Crippen MR) is 86.0 cm³/mol. The number of carboxylic acid groups (broad SMARTS) is 1. The van der Waals surface area contributed by atoms with Crippen LogP contribution in [0.5, 0.6) is 5.75 Å². The summed E-state index contributed by atoms with van der Waals surface area (Å²) in [4.78, 5) is 22.9. The van der Waals surface area contributed by atoms with Crippen LogP contribution in [0.1, 0.15) is 21.6 Å². The Labute approximate surface area is 151 Å². The van der Waals surface area contributed by atoms with E-state index in [1.165, 1.54) is 12.3 Å². The molecule has 1 heterocycles. The first kappa shape index (κ1) is 19.9. The number of ether oxygens (including phenoxy) is 1. The second-order valence-electron chi connectivity index (χ2n) is 5.29. The van der Waals surface area contributed by atoms with Crippen molar-refractivity contribution in [2.45, 2.75) is 19.3 Å². The van der Waals surface area contributed by atoms with Gasteiger partial charge in [-0.25, -0.2) is 4.68 Å². The van der Waals surface area contributed by atoms with Gasteiger partial charge in [0.25, 0.3) is 5.91 Å². The van der Waals surface area contributed by atoms with Gasteiger partial charge in [0.05, 0.1) is 23.9 Å². The number of hydrogen-bond donors (Lipinski definition) is 2. The maximum atomic E-state index is 12.9. The van der Waals surface area contributed by atoms with Crippen molar-refractivity contribution in [2.75, 3.05) is 6.61 Å². The molecule has 2 rings (SSSR count). The van der Waals surface area contributed by atoms with Crippen LogP contribution in [0.2, 0.25) is 0 Å². The summed E-state index contributed by atoms with van der Waals surface area (Å²) in [6.45, 7) is 2.88. The molecule has 2 N–H and O–H groups in total. The number of hydrogen-bond acceptors (Lipinski definition) is 5. The van der Waals surface area contributed by atoms with Gasteiger partial charge in [0, 0.05) is 0 Å². The summed E-state index contributed by atoms with van der Waals surface area (Å²) in [5.74, 6) is -1.97. The van der Waals surface area contributed by atoms with Gasteiger partial charge >= 0.3 is 12.1 Å². The summed E-state index contributed by atoms with van der Waals surface area (Å²) >= 11 is 0. The molecule has 27 heavy (non-hydrogen) atoms. The van der Waals surface area contributed by atoms with Crippen LogP contribution in [0.3, 0.4) is 0 Å². The molecule has 11 heteroatoms. The molecular formula is C16H15F3N4O4. The summed E-state index contributed by atoms with van der Waals surface area (Å²) in [6.07, 6.45) is -1.93. The highest BCUT2D eigenvalue weighted by Crippen LogP contribution is 2.32. The van der Waals surface area contributed by atoms with Gasteiger partial charge < -0.3 is 15.2 Å². The molecule has 1 amide bonds. The van der Waals surface area contributed by atoms with Gasteiger partial charge in [0.2, 0.25) is 0 Å². The van der Waals surface area contributed by atoms with Crippen molar-refractivity contribution in [3.63, 3.8) is 0 Å². The zero-order chi connectivity index (χ0) is 20.0. The van der Waals surface area contributed by atoms with Gasteiger partial charge in [0.15, 0.2) is 0 Å².